The highest BCUT2D eigenvalue weighted by Crippen LogP contribution is 2.25. The molecule has 0 amide bonds. The normalized spacial score (nSPS) is 17.9. The molecule has 10 heteroatoms. The van der Waals surface area contributed by atoms with Gasteiger partial charge in [-0.1, -0.05) is 30.3 Å². The van der Waals surface area contributed by atoms with E-state index in [1.807, 2.05) is 18.2 Å². The molecule has 1 atom stereocenters. The standard InChI is InChI=1S/C22H23N3O3.C7H15NO2.CH4O/c23-9-1-2-17-3-5-18(6-4-17)19-7-8-21-20(16-19)25(22(26)28-21)11-10-24-12-14-27-15-13-24;1-9-7-2-3-8-4-5-10-6-7;1-2/h3-8,16H,1-2,10-15H2;7-8H,2-6H2,1H3;2H,1H3. The molecule has 0 spiro atoms. The van der Waals surface area contributed by atoms with Crippen LogP contribution in [0.4, 0.5) is 0 Å². The van der Waals surface area contributed by atoms with E-state index in [9.17, 15) is 4.79 Å². The molecule has 5 rings (SSSR count). The molecule has 0 bridgehead atoms. The summed E-state index contributed by atoms with van der Waals surface area (Å²) in [7, 11) is 2.73. The Balaban J connectivity index is 0.000000309. The van der Waals surface area contributed by atoms with Gasteiger partial charge in [0.2, 0.25) is 0 Å². The summed E-state index contributed by atoms with van der Waals surface area (Å²) in [5.74, 6) is -0.313. The number of oxazole rings is 1. The lowest BCUT2D eigenvalue weighted by molar-refractivity contribution is -0.00208. The molecule has 2 aliphatic rings. The van der Waals surface area contributed by atoms with Crippen LogP contribution in [-0.4, -0.2) is 94.0 Å². The first-order valence-electron chi connectivity index (χ1n) is 13.8. The van der Waals surface area contributed by atoms with Crippen molar-refractivity contribution in [3.63, 3.8) is 0 Å². The molecule has 2 saturated heterocycles. The van der Waals surface area contributed by atoms with Crippen molar-refractivity contribution in [1.82, 2.24) is 14.8 Å². The Morgan fingerprint density at radius 3 is 2.50 bits per heavy atom. The highest BCUT2D eigenvalue weighted by Gasteiger charge is 2.14. The first kappa shape index (κ1) is 31.5. The molecule has 2 aliphatic heterocycles. The first-order valence-corrected chi connectivity index (χ1v) is 13.8. The number of morpholine rings is 1. The molecule has 3 heterocycles. The van der Waals surface area contributed by atoms with Crippen LogP contribution in [0.2, 0.25) is 0 Å². The summed E-state index contributed by atoms with van der Waals surface area (Å²) in [4.78, 5) is 14.6. The fourth-order valence-electron chi connectivity index (χ4n) is 4.60. The number of aromatic nitrogens is 1. The Hall–Kier alpha value is -3.04. The van der Waals surface area contributed by atoms with Crippen molar-refractivity contribution in [2.75, 3.05) is 73.4 Å². The quantitative estimate of drug-likeness (QED) is 0.454. The van der Waals surface area contributed by atoms with Crippen LogP contribution >= 0.6 is 0 Å². The van der Waals surface area contributed by atoms with Gasteiger partial charge in [-0.25, -0.2) is 4.79 Å². The van der Waals surface area contributed by atoms with E-state index in [4.69, 9.17) is 29.0 Å². The van der Waals surface area contributed by atoms with E-state index >= 15 is 0 Å². The zero-order chi connectivity index (χ0) is 28.6. The Morgan fingerprint density at radius 1 is 1.02 bits per heavy atom. The Labute approximate surface area is 236 Å². The molecule has 2 N–H and O–H groups in total. The van der Waals surface area contributed by atoms with E-state index in [1.54, 1.807) is 11.7 Å². The number of hydrogen-bond donors (Lipinski definition) is 2. The predicted molar refractivity (Wildman–Crippen MR) is 154 cm³/mol. The first-order chi connectivity index (χ1) is 19.7. The van der Waals surface area contributed by atoms with Gasteiger partial charge < -0.3 is 29.1 Å². The monoisotopic (exact) mass is 554 g/mol. The lowest BCUT2D eigenvalue weighted by Gasteiger charge is -2.26. The molecule has 0 aliphatic carbocycles. The van der Waals surface area contributed by atoms with Crippen molar-refractivity contribution in [2.45, 2.75) is 31.9 Å². The minimum absolute atomic E-state index is 0.285. The Bertz CT molecular complexity index is 1220. The van der Waals surface area contributed by atoms with Crippen LogP contribution in [0.15, 0.2) is 51.7 Å². The molecule has 1 unspecified atom stereocenters. The van der Waals surface area contributed by atoms with Gasteiger partial charge in [-0.3, -0.25) is 9.47 Å². The van der Waals surface area contributed by atoms with Gasteiger partial charge >= 0.3 is 5.76 Å². The highest BCUT2D eigenvalue weighted by molar-refractivity contribution is 5.80. The van der Waals surface area contributed by atoms with Crippen LogP contribution in [0.25, 0.3) is 22.2 Å². The third-order valence-corrected chi connectivity index (χ3v) is 6.93. The van der Waals surface area contributed by atoms with Gasteiger partial charge in [-0.05, 0) is 48.2 Å². The third-order valence-electron chi connectivity index (χ3n) is 6.93. The van der Waals surface area contributed by atoms with Gasteiger partial charge in [0.05, 0.1) is 44.1 Å². The van der Waals surface area contributed by atoms with E-state index < -0.39 is 0 Å². The zero-order valence-corrected chi connectivity index (χ0v) is 23.6. The molecular formula is C30H42N4O6. The minimum atomic E-state index is -0.313. The maximum Gasteiger partial charge on any atom is 0.419 e. The second-order valence-electron chi connectivity index (χ2n) is 9.48. The molecule has 40 heavy (non-hydrogen) atoms. The van der Waals surface area contributed by atoms with Crippen LogP contribution in [0.3, 0.4) is 0 Å². The van der Waals surface area contributed by atoms with Crippen molar-refractivity contribution in [3.05, 3.63) is 58.6 Å². The number of aryl methyl sites for hydroxylation is 1. The van der Waals surface area contributed by atoms with E-state index in [-0.39, 0.29) is 11.9 Å². The zero-order valence-electron chi connectivity index (χ0n) is 23.6. The van der Waals surface area contributed by atoms with Crippen LogP contribution in [0.5, 0.6) is 0 Å². The summed E-state index contributed by atoms with van der Waals surface area (Å²) < 4.78 is 23.0. The number of nitriles is 1. The number of fused-ring (bicyclic) bond motifs is 1. The predicted octanol–water partition coefficient (Wildman–Crippen LogP) is 2.67. The smallest absolute Gasteiger partial charge is 0.408 e. The number of methoxy groups -OCH3 is 1. The topological polar surface area (TPSA) is 122 Å². The maximum absolute atomic E-state index is 12.3. The summed E-state index contributed by atoms with van der Waals surface area (Å²) >= 11 is 0. The average Bonchev–Trinajstić information content (AvgIpc) is 3.31. The van der Waals surface area contributed by atoms with Crippen molar-refractivity contribution < 1.29 is 23.7 Å². The molecule has 10 nitrogen and oxygen atoms in total. The number of benzene rings is 2. The molecule has 2 aromatic carbocycles. The van der Waals surface area contributed by atoms with Gasteiger partial charge in [0, 0.05) is 53.4 Å². The number of nitrogens with zero attached hydrogens (tertiary/aromatic N) is 3. The number of rotatable bonds is 7. The number of hydrogen-bond acceptors (Lipinski definition) is 9. The van der Waals surface area contributed by atoms with Gasteiger partial charge in [-0.2, -0.15) is 5.26 Å². The van der Waals surface area contributed by atoms with Gasteiger partial charge in [0.15, 0.2) is 5.58 Å². The fourth-order valence-corrected chi connectivity index (χ4v) is 4.60. The summed E-state index contributed by atoms with van der Waals surface area (Å²) in [6, 6.07) is 16.3. The molecule has 0 radical (unpaired) electrons. The van der Waals surface area contributed by atoms with Crippen molar-refractivity contribution in [3.8, 4) is 17.2 Å². The summed E-state index contributed by atoms with van der Waals surface area (Å²) in [6.07, 6.45) is 2.62. The number of aliphatic hydroxyl groups excluding tert-OH is 1. The molecule has 3 aromatic rings. The number of ether oxygens (including phenoxy) is 3. The molecule has 0 saturated carbocycles. The maximum atomic E-state index is 12.3. The molecule has 2 fully saturated rings. The minimum Gasteiger partial charge on any atom is -0.408 e. The second kappa shape index (κ2) is 17.6. The second-order valence-corrected chi connectivity index (χ2v) is 9.48. The average molecular weight is 555 g/mol. The van der Waals surface area contributed by atoms with E-state index in [1.165, 1.54) is 0 Å². The lowest BCUT2D eigenvalue weighted by atomic mass is 10.0. The number of nitrogens with one attached hydrogen (secondary N) is 1. The van der Waals surface area contributed by atoms with E-state index in [0.29, 0.717) is 18.5 Å². The highest BCUT2D eigenvalue weighted by atomic mass is 16.5. The largest absolute Gasteiger partial charge is 0.419 e. The lowest BCUT2D eigenvalue weighted by Crippen LogP contribution is -2.38. The Morgan fingerprint density at radius 2 is 1.77 bits per heavy atom. The van der Waals surface area contributed by atoms with Crippen LogP contribution in [-0.2, 0) is 27.2 Å². The summed E-state index contributed by atoms with van der Waals surface area (Å²) in [5.41, 5.74) is 4.71. The van der Waals surface area contributed by atoms with Crippen LogP contribution < -0.4 is 11.1 Å². The SMILES string of the molecule is CO.COC1CCNCCOC1.N#CCCc1ccc(-c2ccc3oc(=O)n(CCN4CCOCC4)c3c2)cc1. The summed E-state index contributed by atoms with van der Waals surface area (Å²) in [5, 5.41) is 19.0. The van der Waals surface area contributed by atoms with Crippen molar-refractivity contribution in [2.24, 2.45) is 0 Å². The van der Waals surface area contributed by atoms with E-state index in [0.717, 1.165) is 101 Å². The fraction of sp³-hybridized carbons (Fsp3) is 0.533. The molecule has 218 valence electrons. The molecular weight excluding hydrogens is 512 g/mol. The third kappa shape index (κ3) is 9.55. The van der Waals surface area contributed by atoms with Crippen LogP contribution in [0, 0.1) is 11.3 Å². The van der Waals surface area contributed by atoms with Crippen LogP contribution in [0.1, 0.15) is 18.4 Å². The summed E-state index contributed by atoms with van der Waals surface area (Å²) in [6.45, 7) is 8.25. The van der Waals surface area contributed by atoms with E-state index in [2.05, 4.69) is 40.6 Å². The van der Waals surface area contributed by atoms with Gasteiger partial charge in [0.25, 0.3) is 0 Å². The van der Waals surface area contributed by atoms with Crippen molar-refractivity contribution in [1.29, 1.82) is 5.26 Å². The molecule has 1 aromatic heterocycles. The Kier molecular flexibility index (Phi) is 13.9. The van der Waals surface area contributed by atoms with Gasteiger partial charge in [0.1, 0.15) is 0 Å². The van der Waals surface area contributed by atoms with Gasteiger partial charge in [-0.15, -0.1) is 0 Å². The van der Waals surface area contributed by atoms with Crippen molar-refractivity contribution >= 4 is 11.1 Å². The number of aliphatic hydroxyl groups is 1.